The molecule has 56 heavy (non-hydrogen) atoms. The van der Waals surface area contributed by atoms with Crippen molar-refractivity contribution in [2.24, 2.45) is 0 Å². The number of aromatic nitrogens is 2. The number of rotatable bonds is 6. The molecule has 11 aromatic rings. The molecule has 0 amide bonds. The van der Waals surface area contributed by atoms with Crippen molar-refractivity contribution in [2.45, 2.75) is 0 Å². The molecule has 0 aliphatic carbocycles. The molecule has 2 heterocycles. The van der Waals surface area contributed by atoms with Gasteiger partial charge in [-0.15, -0.1) is 0 Å². The Morgan fingerprint density at radius 2 is 0.893 bits per heavy atom. The molecule has 0 aliphatic heterocycles. The predicted molar refractivity (Wildman–Crippen MR) is 237 cm³/mol. The second kappa shape index (κ2) is 13.2. The molecule has 0 unspecified atom stereocenters. The van der Waals surface area contributed by atoms with E-state index in [0.717, 1.165) is 60.9 Å². The monoisotopic (exact) mass is 719 g/mol. The maximum absolute atomic E-state index is 9.87. The number of hydrogen-bond acceptors (Lipinski definition) is 0. The van der Waals surface area contributed by atoms with Crippen molar-refractivity contribution in [3.8, 4) is 55.9 Å². The number of hydrogen-bond donors (Lipinski definition) is 0. The van der Waals surface area contributed by atoms with E-state index in [-0.39, 0.29) is 57.6 Å². The highest BCUT2D eigenvalue weighted by Gasteiger charge is 2.18. The molecule has 0 atom stereocenters. The van der Waals surface area contributed by atoms with Gasteiger partial charge in [-0.2, -0.15) is 0 Å². The number of nitrogens with zero attached hydrogens (tertiary/aromatic N) is 2. The van der Waals surface area contributed by atoms with Crippen LogP contribution in [-0.4, -0.2) is 9.13 Å². The molecular formula is C54H36N2. The topological polar surface area (TPSA) is 9.86 Å². The van der Waals surface area contributed by atoms with Crippen molar-refractivity contribution < 1.29 is 9.60 Å². The Morgan fingerprint density at radius 1 is 0.321 bits per heavy atom. The quantitative estimate of drug-likeness (QED) is 0.162. The Labute approximate surface area is 335 Å². The first-order chi connectivity index (χ1) is 30.7. The van der Waals surface area contributed by atoms with E-state index in [1.165, 1.54) is 0 Å². The lowest BCUT2D eigenvalue weighted by Crippen LogP contribution is -1.95. The van der Waals surface area contributed by atoms with E-state index in [4.69, 9.17) is 4.11 Å². The van der Waals surface area contributed by atoms with Crippen LogP contribution in [0.25, 0.3) is 99.5 Å². The average molecular weight is 720 g/mol. The van der Waals surface area contributed by atoms with Gasteiger partial charge in [0.05, 0.1) is 31.7 Å². The van der Waals surface area contributed by atoms with Gasteiger partial charge in [0, 0.05) is 38.5 Å². The van der Waals surface area contributed by atoms with Crippen molar-refractivity contribution in [1.29, 1.82) is 0 Å². The van der Waals surface area contributed by atoms with Crippen LogP contribution in [0.3, 0.4) is 0 Å². The highest BCUT2D eigenvalue weighted by atomic mass is 15.0. The fraction of sp³-hybridized carbons (Fsp3) is 0. The molecule has 0 N–H and O–H groups in total. The molecule has 0 fully saturated rings. The van der Waals surface area contributed by atoms with E-state index in [1.807, 2.05) is 103 Å². The van der Waals surface area contributed by atoms with Gasteiger partial charge in [-0.05, 0) is 93.5 Å². The zero-order valence-corrected chi connectivity index (χ0v) is 30.1. The van der Waals surface area contributed by atoms with E-state index < -0.39 is 12.1 Å². The molecule has 2 heteroatoms. The molecule has 0 spiro atoms. The molecule has 0 radical (unpaired) electrons. The summed E-state index contributed by atoms with van der Waals surface area (Å²) in [6, 6.07) is 56.8. The Hall–Kier alpha value is -7.42. The first-order valence-electron chi connectivity index (χ1n) is 22.2. The lowest BCUT2D eigenvalue weighted by atomic mass is 9.99. The van der Waals surface area contributed by atoms with Gasteiger partial charge in [0.25, 0.3) is 0 Å². The van der Waals surface area contributed by atoms with E-state index in [2.05, 4.69) is 77.4 Å². The van der Waals surface area contributed by atoms with Crippen LogP contribution in [0, 0.1) is 0 Å². The van der Waals surface area contributed by atoms with Crippen LogP contribution in [0.1, 0.15) is 9.60 Å². The largest absolute Gasteiger partial charge is 0.309 e. The zero-order valence-electron chi connectivity index (χ0n) is 37.1. The summed E-state index contributed by atoms with van der Waals surface area (Å²) in [4.78, 5) is 0. The van der Waals surface area contributed by atoms with Crippen LogP contribution in [-0.2, 0) is 0 Å². The summed E-state index contributed by atoms with van der Waals surface area (Å²) < 4.78 is 68.7. The summed E-state index contributed by atoms with van der Waals surface area (Å²) in [7, 11) is 0. The van der Waals surface area contributed by atoms with Crippen LogP contribution in [0.2, 0.25) is 0 Å². The van der Waals surface area contributed by atoms with E-state index in [9.17, 15) is 5.48 Å². The molecular weight excluding hydrogens is 677 g/mol. The Balaban J connectivity index is 1.12. The third kappa shape index (κ3) is 5.26. The molecule has 0 bridgehead atoms. The zero-order chi connectivity index (χ0) is 43.1. The standard InChI is InChI=1S/C54H36N2/c1-4-13-37(14-5-1)38-23-25-39(26-24-38)40-27-31-45(32-28-40)55-51-22-11-10-19-47(51)49-35-42(29-33-52(49)55)43-30-34-53-50(36-43)48-21-12-20-46(41-15-6-2-7-16-41)54(48)56(53)44-17-8-3-9-18-44/h1-36H/i10D,11D,19D,22D,29D,33D,35D. The van der Waals surface area contributed by atoms with Crippen molar-refractivity contribution >= 4 is 43.6 Å². The lowest BCUT2D eigenvalue weighted by Gasteiger charge is -2.12. The minimum atomic E-state index is -0.423. The fourth-order valence-electron chi connectivity index (χ4n) is 8.13. The van der Waals surface area contributed by atoms with Crippen LogP contribution in [0.4, 0.5) is 0 Å². The Bertz CT molecular complexity index is 3600. The van der Waals surface area contributed by atoms with Gasteiger partial charge in [0.2, 0.25) is 0 Å². The summed E-state index contributed by atoms with van der Waals surface area (Å²) >= 11 is 0. The molecule has 11 rings (SSSR count). The van der Waals surface area contributed by atoms with E-state index >= 15 is 0 Å². The molecule has 2 aromatic heterocycles. The van der Waals surface area contributed by atoms with Gasteiger partial charge < -0.3 is 9.13 Å². The minimum absolute atomic E-state index is 0.0778. The number of benzene rings is 9. The number of para-hydroxylation sites is 3. The smallest absolute Gasteiger partial charge is 0.0645 e. The van der Waals surface area contributed by atoms with E-state index in [0.29, 0.717) is 11.3 Å². The van der Waals surface area contributed by atoms with Crippen LogP contribution < -0.4 is 0 Å². The molecule has 0 saturated heterocycles. The first kappa shape index (κ1) is 25.6. The average Bonchev–Trinajstić information content (AvgIpc) is 3.87. The highest BCUT2D eigenvalue weighted by Crippen LogP contribution is 2.41. The Kier molecular flexibility index (Phi) is 6.01. The van der Waals surface area contributed by atoms with Gasteiger partial charge in [-0.1, -0.05) is 164 Å². The predicted octanol–water partition coefficient (Wildman–Crippen LogP) is 14.5. The Morgan fingerprint density at radius 3 is 1.61 bits per heavy atom. The van der Waals surface area contributed by atoms with Gasteiger partial charge in [0.15, 0.2) is 0 Å². The fourth-order valence-corrected chi connectivity index (χ4v) is 8.13. The van der Waals surface area contributed by atoms with Crippen molar-refractivity contribution in [3.05, 3.63) is 218 Å². The van der Waals surface area contributed by atoms with Gasteiger partial charge in [-0.3, -0.25) is 0 Å². The van der Waals surface area contributed by atoms with Gasteiger partial charge >= 0.3 is 0 Å². The summed E-state index contributed by atoms with van der Waals surface area (Å²) in [6.07, 6.45) is 0. The van der Waals surface area contributed by atoms with Crippen molar-refractivity contribution in [2.75, 3.05) is 0 Å². The van der Waals surface area contributed by atoms with Crippen LogP contribution >= 0.6 is 0 Å². The molecule has 0 saturated carbocycles. The second-order valence-electron chi connectivity index (χ2n) is 14.0. The van der Waals surface area contributed by atoms with E-state index in [1.54, 1.807) is 4.57 Å². The first-order valence-corrected chi connectivity index (χ1v) is 18.7. The normalized spacial score (nSPS) is 13.3. The van der Waals surface area contributed by atoms with Crippen LogP contribution in [0.5, 0.6) is 0 Å². The molecule has 0 aliphatic rings. The summed E-state index contributed by atoms with van der Waals surface area (Å²) in [5.74, 6) is 0. The summed E-state index contributed by atoms with van der Waals surface area (Å²) in [5.41, 5.74) is 10.9. The summed E-state index contributed by atoms with van der Waals surface area (Å²) in [5, 5.41) is 2.25. The minimum Gasteiger partial charge on any atom is -0.309 e. The molecule has 262 valence electrons. The van der Waals surface area contributed by atoms with Crippen LogP contribution in [0.15, 0.2) is 218 Å². The van der Waals surface area contributed by atoms with Gasteiger partial charge in [0.1, 0.15) is 0 Å². The molecule has 2 nitrogen and oxygen atoms in total. The molecule has 9 aromatic carbocycles. The summed E-state index contributed by atoms with van der Waals surface area (Å²) in [6.45, 7) is 0. The maximum atomic E-state index is 9.87. The third-order valence-electron chi connectivity index (χ3n) is 10.8. The second-order valence-corrected chi connectivity index (χ2v) is 14.0. The third-order valence-corrected chi connectivity index (χ3v) is 10.8. The van der Waals surface area contributed by atoms with Crippen molar-refractivity contribution in [1.82, 2.24) is 9.13 Å². The SMILES string of the molecule is [2H]c1c([2H])c([2H])c2c(c1[2H])c1c([2H])c(-c3ccc4c(c3)c3cccc(-c5ccccc5)c3n4-c3ccccc3)c([2H])c([2H])c1n2-c1ccc(-c2ccc(-c3ccccc3)cc2)cc1. The maximum Gasteiger partial charge on any atom is 0.0645 e. The van der Waals surface area contributed by atoms with Crippen molar-refractivity contribution in [3.63, 3.8) is 0 Å². The lowest BCUT2D eigenvalue weighted by molar-refractivity contribution is 1.18. The number of fused-ring (bicyclic) bond motifs is 6. The highest BCUT2D eigenvalue weighted by molar-refractivity contribution is 6.15. The van der Waals surface area contributed by atoms with Gasteiger partial charge in [-0.25, -0.2) is 0 Å².